The molecule has 0 rings (SSSR count). The van der Waals surface area contributed by atoms with Crippen LogP contribution in [0.1, 0.15) is 0 Å². The molecule has 0 aromatic carbocycles. The fourth-order valence-electron chi connectivity index (χ4n) is 0. The van der Waals surface area contributed by atoms with Crippen LogP contribution >= 0.6 is 0 Å². The Balaban J connectivity index is -0.0000000655. The SMILES string of the molecule is C[As](C)(=O)[O-].C[As](C)(=O)[O-].C[As](C)(=O)[O-].[Fe+2]. The van der Waals surface area contributed by atoms with Crippen LogP contribution in [0.2, 0.25) is 34.3 Å². The topological polar surface area (TPSA) is 120 Å². The Hall–Kier alpha value is 1.47. The zero-order valence-electron chi connectivity index (χ0n) is 10.1. The minimum atomic E-state index is -3.38. The predicted molar refractivity (Wildman–Crippen MR) is 54.5 cm³/mol. The van der Waals surface area contributed by atoms with E-state index in [1.165, 1.54) is 34.3 Å². The van der Waals surface area contributed by atoms with E-state index >= 15 is 0 Å². The summed E-state index contributed by atoms with van der Waals surface area (Å²) in [6.07, 6.45) is 0. The smallest absolute Gasteiger partial charge is 2.00 e. The maximum absolute atomic E-state index is 9.72. The molecular weight excluding hydrogens is 449 g/mol. The average Bonchev–Trinajstić information content (AvgIpc) is 1.41. The molecule has 0 aliphatic heterocycles. The summed E-state index contributed by atoms with van der Waals surface area (Å²) in [5.41, 5.74) is 7.49. The van der Waals surface area contributed by atoms with Crippen LogP contribution in [0.5, 0.6) is 0 Å². The molecule has 0 N–H and O–H groups in total. The molecule has 0 fully saturated rings. The van der Waals surface area contributed by atoms with E-state index in [1.54, 1.807) is 0 Å². The molecule has 16 heavy (non-hydrogen) atoms. The second-order valence-corrected chi connectivity index (χ2v) is 19.5. The second kappa shape index (κ2) is 10.4. The first kappa shape index (κ1) is 26.1. The minimum absolute atomic E-state index is 0. The average molecular weight is 467 g/mol. The number of hydrogen-bond acceptors (Lipinski definition) is 6. The molecule has 0 aliphatic carbocycles. The standard InChI is InChI=1S/3C2H7AsO2.Fe/c3*1-3(2,4)5;/h3*1-2H3,(H,4,5);/q;;;+2/p-3. The van der Waals surface area contributed by atoms with Gasteiger partial charge in [0.2, 0.25) is 0 Å². The molecule has 0 atom stereocenters. The van der Waals surface area contributed by atoms with Crippen molar-refractivity contribution in [2.45, 2.75) is 34.3 Å². The third kappa shape index (κ3) is 1490. The molecule has 0 aliphatic rings. The molecule has 102 valence electrons. The number of hydrogen-bond donors (Lipinski definition) is 0. The van der Waals surface area contributed by atoms with Crippen molar-refractivity contribution in [2.24, 2.45) is 0 Å². The van der Waals surface area contributed by atoms with Crippen LogP contribution in [-0.2, 0) is 28.3 Å². The van der Waals surface area contributed by atoms with Crippen molar-refractivity contribution in [1.82, 2.24) is 0 Å². The summed E-state index contributed by atoms with van der Waals surface area (Å²) in [6, 6.07) is 0. The summed E-state index contributed by atoms with van der Waals surface area (Å²) < 4.78 is 58.3. The third-order valence-corrected chi connectivity index (χ3v) is 0. The fraction of sp³-hybridized carbons (Fsp3) is 1.00. The van der Waals surface area contributed by atoms with Crippen LogP contribution in [0.4, 0.5) is 0 Å². The van der Waals surface area contributed by atoms with Gasteiger partial charge in [-0.15, -0.1) is 0 Å². The van der Waals surface area contributed by atoms with E-state index in [9.17, 15) is 23.5 Å². The number of rotatable bonds is 0. The summed E-state index contributed by atoms with van der Waals surface area (Å²) >= 11 is -10.1. The van der Waals surface area contributed by atoms with Gasteiger partial charge in [0.25, 0.3) is 0 Å². The zero-order valence-corrected chi connectivity index (χ0v) is 16.9. The zero-order chi connectivity index (χ0) is 13.5. The molecule has 0 heterocycles. The summed E-state index contributed by atoms with van der Waals surface area (Å²) in [5.74, 6) is 0. The minimum Gasteiger partial charge on any atom is 2.00 e. The molecule has 0 bridgehead atoms. The van der Waals surface area contributed by atoms with Gasteiger partial charge in [0.15, 0.2) is 0 Å². The van der Waals surface area contributed by atoms with Crippen molar-refractivity contribution in [2.75, 3.05) is 0 Å². The molecule has 0 saturated carbocycles. The molecule has 0 radical (unpaired) electrons. The Morgan fingerprint density at radius 2 is 0.562 bits per heavy atom. The Bertz CT molecular complexity index is 214. The van der Waals surface area contributed by atoms with E-state index in [0.29, 0.717) is 0 Å². The predicted octanol–water partition coefficient (Wildman–Crippen LogP) is -1.57. The third-order valence-electron chi connectivity index (χ3n) is 0. The molecule has 0 spiro atoms. The molecule has 0 saturated heterocycles. The van der Waals surface area contributed by atoms with Gasteiger partial charge in [0.05, 0.1) is 0 Å². The van der Waals surface area contributed by atoms with Gasteiger partial charge >= 0.3 is 116 Å². The largest absolute Gasteiger partial charge is 2.00 e. The van der Waals surface area contributed by atoms with Crippen LogP contribution in [-0.4, -0.2) is 41.5 Å². The van der Waals surface area contributed by atoms with Crippen LogP contribution in [0.25, 0.3) is 0 Å². The Morgan fingerprint density at radius 1 is 0.562 bits per heavy atom. The molecule has 10 heteroatoms. The van der Waals surface area contributed by atoms with Gasteiger partial charge in [0.1, 0.15) is 0 Å². The van der Waals surface area contributed by atoms with Crippen molar-refractivity contribution in [3.63, 3.8) is 0 Å². The quantitative estimate of drug-likeness (QED) is 0.398. The summed E-state index contributed by atoms with van der Waals surface area (Å²) in [6.45, 7) is 0. The van der Waals surface area contributed by atoms with E-state index in [4.69, 9.17) is 0 Å². The first-order valence-corrected chi connectivity index (χ1v) is 19.6. The Kier molecular flexibility index (Phi) is 17.0. The van der Waals surface area contributed by atoms with Crippen molar-refractivity contribution in [1.29, 1.82) is 0 Å². The van der Waals surface area contributed by atoms with Crippen LogP contribution in [0.15, 0.2) is 0 Å². The first-order valence-electron chi connectivity index (χ1n) is 3.78. The summed E-state index contributed by atoms with van der Waals surface area (Å²) in [7, 11) is 0. The normalized spacial score (nSPS) is 11.1. The van der Waals surface area contributed by atoms with Crippen molar-refractivity contribution >= 4 is 41.5 Å². The molecule has 0 aromatic rings. The Morgan fingerprint density at radius 3 is 0.562 bits per heavy atom. The van der Waals surface area contributed by atoms with E-state index in [2.05, 4.69) is 0 Å². The summed E-state index contributed by atoms with van der Waals surface area (Å²) in [5, 5.41) is 0. The van der Waals surface area contributed by atoms with Crippen LogP contribution in [0.3, 0.4) is 0 Å². The second-order valence-electron chi connectivity index (χ2n) is 3.76. The first-order chi connectivity index (χ1) is 6.00. The maximum Gasteiger partial charge on any atom is 2.00 e. The van der Waals surface area contributed by atoms with Gasteiger partial charge in [-0.05, 0) is 0 Å². The van der Waals surface area contributed by atoms with Crippen LogP contribution in [0, 0.1) is 0 Å². The van der Waals surface area contributed by atoms with Gasteiger partial charge in [-0.25, -0.2) is 0 Å². The monoisotopic (exact) mass is 467 g/mol. The van der Waals surface area contributed by atoms with Crippen molar-refractivity contribution in [3.05, 3.63) is 0 Å². The van der Waals surface area contributed by atoms with Gasteiger partial charge < -0.3 is 0 Å². The van der Waals surface area contributed by atoms with E-state index in [0.717, 1.165) is 0 Å². The Labute approximate surface area is 115 Å². The molecule has 0 aromatic heterocycles. The van der Waals surface area contributed by atoms with Crippen LogP contribution < -0.4 is 12.3 Å². The fourth-order valence-corrected chi connectivity index (χ4v) is 0. The van der Waals surface area contributed by atoms with E-state index < -0.39 is 41.5 Å². The van der Waals surface area contributed by atoms with Gasteiger partial charge in [-0.1, -0.05) is 0 Å². The van der Waals surface area contributed by atoms with Crippen molar-refractivity contribution < 1.29 is 40.6 Å². The van der Waals surface area contributed by atoms with Gasteiger partial charge in [0, 0.05) is 0 Å². The summed E-state index contributed by atoms with van der Waals surface area (Å²) in [4.78, 5) is 0. The molecular formula is C6H18As3FeO6-. The van der Waals surface area contributed by atoms with Crippen molar-refractivity contribution in [3.8, 4) is 0 Å². The van der Waals surface area contributed by atoms with E-state index in [1.807, 2.05) is 0 Å². The molecule has 6 nitrogen and oxygen atoms in total. The van der Waals surface area contributed by atoms with E-state index in [-0.39, 0.29) is 17.1 Å². The molecule has 0 unspecified atom stereocenters. The molecule has 0 amide bonds. The van der Waals surface area contributed by atoms with Gasteiger partial charge in [-0.3, -0.25) is 0 Å². The maximum atomic E-state index is 9.72. The van der Waals surface area contributed by atoms with Gasteiger partial charge in [-0.2, -0.15) is 0 Å².